The minimum Gasteiger partial charge on any atom is -0.383 e. The highest BCUT2D eigenvalue weighted by molar-refractivity contribution is 7.99. The van der Waals surface area contributed by atoms with Crippen LogP contribution in [0.2, 0.25) is 0 Å². The summed E-state index contributed by atoms with van der Waals surface area (Å²) in [6.07, 6.45) is 0. The first-order valence-corrected chi connectivity index (χ1v) is 8.01. The van der Waals surface area contributed by atoms with Gasteiger partial charge in [0.05, 0.1) is 18.9 Å². The first-order valence-electron chi connectivity index (χ1n) is 7.03. The lowest BCUT2D eigenvalue weighted by molar-refractivity contribution is -0.118. The minimum absolute atomic E-state index is 0.0334. The van der Waals surface area contributed by atoms with Crippen molar-refractivity contribution in [3.05, 3.63) is 41.7 Å². The fourth-order valence-electron chi connectivity index (χ4n) is 1.89. The number of nitrogens with one attached hydrogen (secondary N) is 1. The summed E-state index contributed by atoms with van der Waals surface area (Å²) in [7, 11) is 1.61. The molecule has 1 N–H and O–H groups in total. The maximum absolute atomic E-state index is 11.7. The average Bonchev–Trinajstić information content (AvgIpc) is 2.87. The molecule has 0 radical (unpaired) electrons. The van der Waals surface area contributed by atoms with Crippen molar-refractivity contribution >= 4 is 17.7 Å². The molecule has 2 aromatic rings. The van der Waals surface area contributed by atoms with E-state index in [1.807, 2.05) is 29.7 Å². The van der Waals surface area contributed by atoms with Crippen molar-refractivity contribution in [1.82, 2.24) is 20.1 Å². The van der Waals surface area contributed by atoms with Gasteiger partial charge in [-0.3, -0.25) is 4.79 Å². The van der Waals surface area contributed by atoms with Crippen LogP contribution in [0, 0.1) is 6.92 Å². The third-order valence-electron chi connectivity index (χ3n) is 3.05. The molecule has 7 heteroatoms. The van der Waals surface area contributed by atoms with Crippen LogP contribution in [0.1, 0.15) is 11.4 Å². The van der Waals surface area contributed by atoms with E-state index in [9.17, 15) is 4.79 Å². The Balaban J connectivity index is 1.93. The number of methoxy groups -OCH3 is 1. The summed E-state index contributed by atoms with van der Waals surface area (Å²) in [5.74, 6) is 1.12. The number of nitrogens with zero attached hydrogens (tertiary/aromatic N) is 3. The molecule has 1 amide bonds. The van der Waals surface area contributed by atoms with Gasteiger partial charge in [-0.2, -0.15) is 0 Å². The van der Waals surface area contributed by atoms with E-state index in [0.29, 0.717) is 25.4 Å². The monoisotopic (exact) mass is 320 g/mol. The molecule has 0 fully saturated rings. The Bertz CT molecular complexity index is 601. The summed E-state index contributed by atoms with van der Waals surface area (Å²) in [4.78, 5) is 11.7. The van der Waals surface area contributed by atoms with Crippen molar-refractivity contribution in [2.45, 2.75) is 18.6 Å². The van der Waals surface area contributed by atoms with Gasteiger partial charge in [0.1, 0.15) is 5.82 Å². The number of rotatable bonds is 8. The lowest BCUT2D eigenvalue weighted by Gasteiger charge is -2.08. The highest BCUT2D eigenvalue weighted by Crippen LogP contribution is 2.18. The normalized spacial score (nSPS) is 10.6. The Morgan fingerprint density at radius 2 is 2.09 bits per heavy atom. The smallest absolute Gasteiger partial charge is 0.230 e. The van der Waals surface area contributed by atoms with Gasteiger partial charge in [-0.25, -0.2) is 0 Å². The molecule has 0 aliphatic rings. The Kier molecular flexibility index (Phi) is 6.42. The summed E-state index contributed by atoms with van der Waals surface area (Å²) in [5.41, 5.74) is 1.18. The van der Waals surface area contributed by atoms with Gasteiger partial charge in [-0.15, -0.1) is 10.2 Å². The molecule has 1 aromatic heterocycles. The number of hydrogen-bond donors (Lipinski definition) is 1. The van der Waals surface area contributed by atoms with E-state index in [0.717, 1.165) is 11.0 Å². The van der Waals surface area contributed by atoms with Gasteiger partial charge < -0.3 is 14.6 Å². The van der Waals surface area contributed by atoms with Gasteiger partial charge in [0.25, 0.3) is 0 Å². The molecule has 2 rings (SSSR count). The zero-order valence-corrected chi connectivity index (χ0v) is 13.6. The van der Waals surface area contributed by atoms with Crippen LogP contribution in [0.5, 0.6) is 0 Å². The van der Waals surface area contributed by atoms with Crippen LogP contribution in [0.3, 0.4) is 0 Å². The van der Waals surface area contributed by atoms with Gasteiger partial charge in [0, 0.05) is 13.7 Å². The van der Waals surface area contributed by atoms with E-state index in [1.54, 1.807) is 7.11 Å². The van der Waals surface area contributed by atoms with Crippen molar-refractivity contribution in [3.63, 3.8) is 0 Å². The van der Waals surface area contributed by atoms with Crippen LogP contribution < -0.4 is 5.32 Å². The lowest BCUT2D eigenvalue weighted by atomic mass is 10.2. The number of thioether (sulfide) groups is 1. The molecule has 0 bridgehead atoms. The van der Waals surface area contributed by atoms with Crippen molar-refractivity contribution < 1.29 is 9.53 Å². The summed E-state index contributed by atoms with van der Waals surface area (Å²) < 4.78 is 6.91. The largest absolute Gasteiger partial charge is 0.383 e. The van der Waals surface area contributed by atoms with Crippen molar-refractivity contribution in [2.24, 2.45) is 0 Å². The quantitative estimate of drug-likeness (QED) is 0.589. The van der Waals surface area contributed by atoms with E-state index >= 15 is 0 Å². The maximum atomic E-state index is 11.7. The molecule has 6 nitrogen and oxygen atoms in total. The number of hydrogen-bond acceptors (Lipinski definition) is 5. The first kappa shape index (κ1) is 16.5. The molecule has 1 heterocycles. The first-order chi connectivity index (χ1) is 10.7. The summed E-state index contributed by atoms with van der Waals surface area (Å²) in [6.45, 7) is 3.65. The Morgan fingerprint density at radius 3 is 2.82 bits per heavy atom. The molecule has 0 unspecified atom stereocenters. The standard InChI is InChI=1S/C15H20N4O2S/c1-12-17-18-15(22-11-14(20)16-8-9-21-2)19(12)10-13-6-4-3-5-7-13/h3-7H,8-11H2,1-2H3,(H,16,20). The number of carbonyl (C=O) groups is 1. The summed E-state index contributed by atoms with van der Waals surface area (Å²) in [6, 6.07) is 10.1. The number of ether oxygens (including phenoxy) is 1. The molecule has 0 saturated heterocycles. The molecule has 0 atom stereocenters. The van der Waals surface area contributed by atoms with E-state index in [2.05, 4.69) is 27.6 Å². The van der Waals surface area contributed by atoms with Gasteiger partial charge >= 0.3 is 0 Å². The zero-order valence-electron chi connectivity index (χ0n) is 12.8. The number of carbonyl (C=O) groups excluding carboxylic acids is 1. The van der Waals surface area contributed by atoms with Crippen LogP contribution in [0.25, 0.3) is 0 Å². The Hall–Kier alpha value is -1.86. The topological polar surface area (TPSA) is 69.0 Å². The number of aromatic nitrogens is 3. The van der Waals surface area contributed by atoms with Gasteiger partial charge in [-0.1, -0.05) is 42.1 Å². The van der Waals surface area contributed by atoms with Crippen LogP contribution >= 0.6 is 11.8 Å². The summed E-state index contributed by atoms with van der Waals surface area (Å²) >= 11 is 1.39. The van der Waals surface area contributed by atoms with Gasteiger partial charge in [0.15, 0.2) is 5.16 Å². The fraction of sp³-hybridized carbons (Fsp3) is 0.400. The number of benzene rings is 1. The fourth-order valence-corrected chi connectivity index (χ4v) is 2.70. The highest BCUT2D eigenvalue weighted by atomic mass is 32.2. The second-order valence-electron chi connectivity index (χ2n) is 4.73. The molecule has 1 aromatic carbocycles. The van der Waals surface area contributed by atoms with Crippen molar-refractivity contribution in [1.29, 1.82) is 0 Å². The predicted molar refractivity (Wildman–Crippen MR) is 85.9 cm³/mol. The van der Waals surface area contributed by atoms with Gasteiger partial charge in [-0.05, 0) is 12.5 Å². The minimum atomic E-state index is -0.0334. The third kappa shape index (κ3) is 4.85. The molecule has 0 spiro atoms. The second-order valence-corrected chi connectivity index (χ2v) is 5.68. The van der Waals surface area contributed by atoms with Crippen LogP contribution in [-0.2, 0) is 16.1 Å². The predicted octanol–water partition coefficient (Wildman–Crippen LogP) is 1.49. The number of aryl methyl sites for hydroxylation is 1. The third-order valence-corrected chi connectivity index (χ3v) is 4.01. The van der Waals surface area contributed by atoms with Crippen LogP contribution in [0.4, 0.5) is 0 Å². The van der Waals surface area contributed by atoms with Crippen LogP contribution in [0.15, 0.2) is 35.5 Å². The second kappa shape index (κ2) is 8.55. The van der Waals surface area contributed by atoms with E-state index in [1.165, 1.54) is 17.3 Å². The molecule has 0 aliphatic heterocycles. The maximum Gasteiger partial charge on any atom is 0.230 e. The zero-order chi connectivity index (χ0) is 15.8. The SMILES string of the molecule is COCCNC(=O)CSc1nnc(C)n1Cc1ccccc1. The Morgan fingerprint density at radius 1 is 1.32 bits per heavy atom. The molecular weight excluding hydrogens is 300 g/mol. The van der Waals surface area contributed by atoms with Crippen molar-refractivity contribution in [3.8, 4) is 0 Å². The van der Waals surface area contributed by atoms with Gasteiger partial charge in [0.2, 0.25) is 5.91 Å². The van der Waals surface area contributed by atoms with E-state index in [-0.39, 0.29) is 5.91 Å². The average molecular weight is 320 g/mol. The number of amides is 1. The van der Waals surface area contributed by atoms with E-state index < -0.39 is 0 Å². The molecule has 22 heavy (non-hydrogen) atoms. The van der Waals surface area contributed by atoms with Crippen molar-refractivity contribution in [2.75, 3.05) is 26.0 Å². The van der Waals surface area contributed by atoms with E-state index in [4.69, 9.17) is 4.74 Å². The van der Waals surface area contributed by atoms with Crippen LogP contribution in [-0.4, -0.2) is 46.7 Å². The molecular formula is C15H20N4O2S. The summed E-state index contributed by atoms with van der Waals surface area (Å²) in [5, 5.41) is 11.8. The molecule has 0 aliphatic carbocycles. The molecule has 118 valence electrons. The Labute approximate surface area is 134 Å². The highest BCUT2D eigenvalue weighted by Gasteiger charge is 2.12. The lowest BCUT2D eigenvalue weighted by Crippen LogP contribution is -2.28. The molecule has 0 saturated carbocycles.